The molecule has 0 saturated heterocycles. The molecular formula is C15H28N2O4. The van der Waals surface area contributed by atoms with E-state index < -0.39 is 0 Å². The highest BCUT2D eigenvalue weighted by molar-refractivity contribution is 5.36. The second-order valence-electron chi connectivity index (χ2n) is 4.79. The Balaban J connectivity index is 2.93. The maximum atomic E-state index is 9.90. The molecule has 0 amide bonds. The van der Waals surface area contributed by atoms with Gasteiger partial charge in [0.15, 0.2) is 0 Å². The number of rotatable bonds is 17. The molecule has 6 heteroatoms. The molecule has 0 aliphatic rings. The van der Waals surface area contributed by atoms with Crippen LogP contribution in [-0.2, 0) is 19.0 Å². The molecule has 0 radical (unpaired) electrons. The lowest BCUT2D eigenvalue weighted by Gasteiger charge is -2.06. The van der Waals surface area contributed by atoms with Crippen molar-refractivity contribution < 1.29 is 19.0 Å². The minimum atomic E-state index is 0.495. The van der Waals surface area contributed by atoms with Crippen molar-refractivity contribution in [3.63, 3.8) is 0 Å². The summed E-state index contributed by atoms with van der Waals surface area (Å²) in [6, 6.07) is 0. The van der Waals surface area contributed by atoms with E-state index in [1.165, 1.54) is 0 Å². The minimum Gasteiger partial charge on any atom is -0.468 e. The van der Waals surface area contributed by atoms with E-state index in [9.17, 15) is 4.79 Å². The first kappa shape index (κ1) is 19.7. The first-order valence-corrected chi connectivity index (χ1v) is 7.76. The third kappa shape index (κ3) is 18.7. The SMILES string of the molecule is N#COCCCCCCNCOCCCCCCOC=O. The smallest absolute Gasteiger partial charge is 0.293 e. The standard InChI is InChI=1S/C15H28N2O4/c16-13-19-10-6-2-1-5-9-17-14-20-11-7-3-4-8-12-21-15-18/h15,17H,1-12,14H2. The highest BCUT2D eigenvalue weighted by Gasteiger charge is 1.93. The molecule has 122 valence electrons. The van der Waals surface area contributed by atoms with Crippen LogP contribution in [0, 0.1) is 11.5 Å². The van der Waals surface area contributed by atoms with Gasteiger partial charge in [0.2, 0.25) is 0 Å². The normalized spacial score (nSPS) is 10.0. The van der Waals surface area contributed by atoms with E-state index in [2.05, 4.69) is 14.8 Å². The average Bonchev–Trinajstić information content (AvgIpc) is 2.50. The van der Waals surface area contributed by atoms with E-state index in [1.807, 2.05) is 0 Å². The predicted octanol–water partition coefficient (Wildman–Crippen LogP) is 2.34. The molecule has 0 aromatic rings. The molecule has 0 aromatic carbocycles. The van der Waals surface area contributed by atoms with E-state index in [-0.39, 0.29) is 0 Å². The van der Waals surface area contributed by atoms with Crippen LogP contribution in [0.25, 0.3) is 0 Å². The summed E-state index contributed by atoms with van der Waals surface area (Å²) >= 11 is 0. The van der Waals surface area contributed by atoms with Crippen molar-refractivity contribution in [1.82, 2.24) is 5.32 Å². The topological polar surface area (TPSA) is 80.6 Å². The maximum absolute atomic E-state index is 9.90. The molecular weight excluding hydrogens is 272 g/mol. The van der Waals surface area contributed by atoms with E-state index in [0.29, 0.717) is 26.4 Å². The molecule has 6 nitrogen and oxygen atoms in total. The van der Waals surface area contributed by atoms with Crippen molar-refractivity contribution in [3.8, 4) is 6.26 Å². The van der Waals surface area contributed by atoms with Gasteiger partial charge in [-0.3, -0.25) is 10.1 Å². The van der Waals surface area contributed by atoms with E-state index in [1.54, 1.807) is 6.26 Å². The van der Waals surface area contributed by atoms with Gasteiger partial charge in [-0.25, -0.2) is 0 Å². The first-order valence-electron chi connectivity index (χ1n) is 7.76. The number of carbonyl (C=O) groups excluding carboxylic acids is 1. The molecule has 21 heavy (non-hydrogen) atoms. The molecule has 0 heterocycles. The summed E-state index contributed by atoms with van der Waals surface area (Å²) < 4.78 is 14.7. The molecule has 0 aliphatic heterocycles. The van der Waals surface area contributed by atoms with Gasteiger partial charge in [-0.2, -0.15) is 5.26 Å². The second kappa shape index (κ2) is 18.7. The Hall–Kier alpha value is -1.32. The molecule has 1 N–H and O–H groups in total. The summed E-state index contributed by atoms with van der Waals surface area (Å²) in [4.78, 5) is 9.90. The fourth-order valence-corrected chi connectivity index (χ4v) is 1.83. The average molecular weight is 300 g/mol. The van der Waals surface area contributed by atoms with Gasteiger partial charge in [-0.15, -0.1) is 0 Å². The summed E-state index contributed by atoms with van der Waals surface area (Å²) in [7, 11) is 0. The lowest BCUT2D eigenvalue weighted by atomic mass is 10.2. The predicted molar refractivity (Wildman–Crippen MR) is 79.3 cm³/mol. The van der Waals surface area contributed by atoms with Gasteiger partial charge in [0.1, 0.15) is 6.61 Å². The number of unbranched alkanes of at least 4 members (excludes halogenated alkanes) is 6. The Labute approximate surface area is 127 Å². The zero-order valence-corrected chi connectivity index (χ0v) is 12.8. The van der Waals surface area contributed by atoms with E-state index in [0.717, 1.165) is 64.5 Å². The van der Waals surface area contributed by atoms with Gasteiger partial charge in [-0.05, 0) is 45.1 Å². The van der Waals surface area contributed by atoms with Crippen LogP contribution in [0.2, 0.25) is 0 Å². The Kier molecular flexibility index (Phi) is 17.5. The number of ether oxygens (including phenoxy) is 3. The van der Waals surface area contributed by atoms with E-state index >= 15 is 0 Å². The van der Waals surface area contributed by atoms with Crippen LogP contribution >= 0.6 is 0 Å². The van der Waals surface area contributed by atoms with Crippen molar-refractivity contribution in [1.29, 1.82) is 5.26 Å². The number of carbonyl (C=O) groups is 1. The highest BCUT2D eigenvalue weighted by Crippen LogP contribution is 2.00. The summed E-state index contributed by atoms with van der Waals surface area (Å²) in [5.41, 5.74) is 0. The van der Waals surface area contributed by atoms with Gasteiger partial charge in [-0.1, -0.05) is 12.8 Å². The second-order valence-corrected chi connectivity index (χ2v) is 4.79. The summed E-state index contributed by atoms with van der Waals surface area (Å²) in [5.74, 6) is 0. The molecule has 0 rings (SSSR count). The van der Waals surface area contributed by atoms with Crippen LogP contribution in [0.1, 0.15) is 51.4 Å². The third-order valence-electron chi connectivity index (χ3n) is 2.99. The van der Waals surface area contributed by atoms with Crippen molar-refractivity contribution in [2.24, 2.45) is 0 Å². The first-order chi connectivity index (χ1) is 10.4. The quantitative estimate of drug-likeness (QED) is 0.192. The van der Waals surface area contributed by atoms with Crippen LogP contribution in [0.15, 0.2) is 0 Å². The van der Waals surface area contributed by atoms with Crippen LogP contribution in [-0.4, -0.2) is 39.6 Å². The Morgan fingerprint density at radius 2 is 1.57 bits per heavy atom. The number of nitriles is 1. The number of nitrogens with one attached hydrogen (secondary N) is 1. The maximum Gasteiger partial charge on any atom is 0.293 e. The molecule has 0 aromatic heterocycles. The summed E-state index contributed by atoms with van der Waals surface area (Å²) in [6.45, 7) is 3.89. The van der Waals surface area contributed by atoms with Crippen LogP contribution in [0.4, 0.5) is 0 Å². The number of hydrogen-bond donors (Lipinski definition) is 1. The highest BCUT2D eigenvalue weighted by atomic mass is 16.5. The van der Waals surface area contributed by atoms with Gasteiger partial charge in [0.05, 0.1) is 13.3 Å². The van der Waals surface area contributed by atoms with Crippen molar-refractivity contribution >= 4 is 6.47 Å². The Morgan fingerprint density at radius 1 is 0.905 bits per heavy atom. The number of hydrogen-bond acceptors (Lipinski definition) is 6. The molecule has 0 spiro atoms. The van der Waals surface area contributed by atoms with Crippen LogP contribution in [0.5, 0.6) is 0 Å². The summed E-state index contributed by atoms with van der Waals surface area (Å²) in [6.07, 6.45) is 10.1. The number of nitrogens with zero attached hydrogens (tertiary/aromatic N) is 1. The third-order valence-corrected chi connectivity index (χ3v) is 2.99. The Bertz CT molecular complexity index is 257. The monoisotopic (exact) mass is 300 g/mol. The zero-order chi connectivity index (χ0) is 15.4. The molecule has 0 bridgehead atoms. The van der Waals surface area contributed by atoms with Gasteiger partial charge in [0, 0.05) is 6.61 Å². The fourth-order valence-electron chi connectivity index (χ4n) is 1.83. The molecule has 0 atom stereocenters. The molecule has 0 fully saturated rings. The van der Waals surface area contributed by atoms with Gasteiger partial charge in [0.25, 0.3) is 12.7 Å². The summed E-state index contributed by atoms with van der Waals surface area (Å²) in [5, 5.41) is 11.4. The van der Waals surface area contributed by atoms with Crippen LogP contribution < -0.4 is 5.32 Å². The molecule has 0 aliphatic carbocycles. The van der Waals surface area contributed by atoms with Crippen molar-refractivity contribution in [2.75, 3.05) is 33.1 Å². The lowest BCUT2D eigenvalue weighted by molar-refractivity contribution is -0.128. The molecule has 0 saturated carbocycles. The molecule has 0 unspecified atom stereocenters. The van der Waals surface area contributed by atoms with Crippen LogP contribution in [0.3, 0.4) is 0 Å². The van der Waals surface area contributed by atoms with Crippen molar-refractivity contribution in [2.45, 2.75) is 51.4 Å². The Morgan fingerprint density at radius 3 is 2.29 bits per heavy atom. The van der Waals surface area contributed by atoms with Gasteiger partial charge >= 0.3 is 0 Å². The van der Waals surface area contributed by atoms with Crippen molar-refractivity contribution in [3.05, 3.63) is 0 Å². The minimum absolute atomic E-state index is 0.495. The van der Waals surface area contributed by atoms with E-state index in [4.69, 9.17) is 10.00 Å². The largest absolute Gasteiger partial charge is 0.468 e. The van der Waals surface area contributed by atoms with Gasteiger partial charge < -0.3 is 14.2 Å². The lowest BCUT2D eigenvalue weighted by Crippen LogP contribution is -2.19. The zero-order valence-electron chi connectivity index (χ0n) is 12.8. The fraction of sp³-hybridized carbons (Fsp3) is 0.867.